The summed E-state index contributed by atoms with van der Waals surface area (Å²) in [6.07, 6.45) is 2.98. The van der Waals surface area contributed by atoms with Gasteiger partial charge in [0.15, 0.2) is 0 Å². The summed E-state index contributed by atoms with van der Waals surface area (Å²) in [6, 6.07) is 7.51. The quantitative estimate of drug-likeness (QED) is 0.659. The molecule has 0 aliphatic carbocycles. The van der Waals surface area contributed by atoms with Crippen LogP contribution in [-0.4, -0.2) is 31.6 Å². The Bertz CT molecular complexity index is 603. The molecule has 0 bridgehead atoms. The predicted octanol–water partition coefficient (Wildman–Crippen LogP) is 3.55. The van der Waals surface area contributed by atoms with Gasteiger partial charge in [-0.15, -0.1) is 12.4 Å². The van der Waals surface area contributed by atoms with Crippen LogP contribution in [0.25, 0.3) is 0 Å². The molecule has 0 radical (unpaired) electrons. The van der Waals surface area contributed by atoms with Gasteiger partial charge in [-0.2, -0.15) is 0 Å². The third-order valence-corrected chi connectivity index (χ3v) is 5.22. The minimum Gasteiger partial charge on any atom is -0.466 e. The van der Waals surface area contributed by atoms with Gasteiger partial charge in [-0.05, 0) is 62.7 Å². The summed E-state index contributed by atoms with van der Waals surface area (Å²) in [5.74, 6) is 0.575. The van der Waals surface area contributed by atoms with Crippen molar-refractivity contribution in [1.29, 1.82) is 0 Å². The first-order valence-electron chi connectivity index (χ1n) is 9.72. The Morgan fingerprint density at radius 3 is 2.67 bits per heavy atom. The number of amides is 1. The number of carbonyl (C=O) groups excluding carboxylic acids is 2. The van der Waals surface area contributed by atoms with Crippen molar-refractivity contribution in [2.24, 2.45) is 11.8 Å². The van der Waals surface area contributed by atoms with Crippen LogP contribution in [0.3, 0.4) is 0 Å². The Hall–Kier alpha value is -1.59. The molecule has 1 aromatic carbocycles. The van der Waals surface area contributed by atoms with E-state index < -0.39 is 0 Å². The highest BCUT2D eigenvalue weighted by molar-refractivity contribution is 5.85. The van der Waals surface area contributed by atoms with E-state index in [9.17, 15) is 9.59 Å². The number of nitrogens with one attached hydrogen (secondary N) is 2. The molecule has 0 spiro atoms. The Balaban J connectivity index is 0.00000364. The summed E-state index contributed by atoms with van der Waals surface area (Å²) in [7, 11) is 0. The number of halogens is 1. The number of piperidine rings is 1. The van der Waals surface area contributed by atoms with Gasteiger partial charge in [0.25, 0.3) is 0 Å². The molecule has 1 heterocycles. The fourth-order valence-corrected chi connectivity index (χ4v) is 3.68. The molecule has 152 valence electrons. The van der Waals surface area contributed by atoms with Crippen LogP contribution in [0.1, 0.15) is 56.7 Å². The Kier molecular flexibility index (Phi) is 10.4. The number of ether oxygens (including phenoxy) is 1. The van der Waals surface area contributed by atoms with Crippen molar-refractivity contribution in [2.45, 2.75) is 52.5 Å². The van der Waals surface area contributed by atoms with Crippen molar-refractivity contribution in [3.05, 3.63) is 35.4 Å². The van der Waals surface area contributed by atoms with Crippen LogP contribution < -0.4 is 10.6 Å². The van der Waals surface area contributed by atoms with Gasteiger partial charge >= 0.3 is 5.97 Å². The van der Waals surface area contributed by atoms with Gasteiger partial charge in [-0.25, -0.2) is 0 Å². The van der Waals surface area contributed by atoms with Crippen LogP contribution in [0.5, 0.6) is 0 Å². The van der Waals surface area contributed by atoms with Gasteiger partial charge in [0.2, 0.25) is 5.91 Å². The van der Waals surface area contributed by atoms with E-state index >= 15 is 0 Å². The summed E-state index contributed by atoms with van der Waals surface area (Å²) in [5.41, 5.74) is 2.03. The Morgan fingerprint density at radius 2 is 2.04 bits per heavy atom. The zero-order chi connectivity index (χ0) is 18.9. The maximum Gasteiger partial charge on any atom is 0.308 e. The topological polar surface area (TPSA) is 67.4 Å². The van der Waals surface area contributed by atoms with Crippen LogP contribution >= 0.6 is 12.4 Å². The molecule has 2 rings (SSSR count). The fourth-order valence-electron chi connectivity index (χ4n) is 3.68. The summed E-state index contributed by atoms with van der Waals surface area (Å²) in [5, 5.41) is 6.48. The van der Waals surface area contributed by atoms with E-state index in [1.54, 1.807) is 6.92 Å². The summed E-state index contributed by atoms with van der Waals surface area (Å²) in [4.78, 5) is 24.7. The van der Waals surface area contributed by atoms with Crippen LogP contribution in [0.15, 0.2) is 24.3 Å². The van der Waals surface area contributed by atoms with Gasteiger partial charge in [0, 0.05) is 6.42 Å². The number of hydrogen-bond donors (Lipinski definition) is 2. The molecule has 3 atom stereocenters. The van der Waals surface area contributed by atoms with Crippen molar-refractivity contribution < 1.29 is 14.3 Å². The number of esters is 1. The van der Waals surface area contributed by atoms with Crippen LogP contribution in [0.2, 0.25) is 0 Å². The lowest BCUT2D eigenvalue weighted by molar-refractivity contribution is -0.143. The average molecular weight is 397 g/mol. The molecular formula is C21H33ClN2O3. The molecule has 1 amide bonds. The minimum absolute atomic E-state index is 0. The maximum atomic E-state index is 12.6. The van der Waals surface area contributed by atoms with Crippen molar-refractivity contribution in [2.75, 3.05) is 19.7 Å². The highest BCUT2D eigenvalue weighted by atomic mass is 35.5. The van der Waals surface area contributed by atoms with Crippen molar-refractivity contribution in [3.8, 4) is 0 Å². The molecule has 1 aromatic rings. The lowest BCUT2D eigenvalue weighted by Gasteiger charge is -2.28. The first-order valence-corrected chi connectivity index (χ1v) is 9.72. The minimum atomic E-state index is -0.348. The molecule has 0 saturated carbocycles. The van der Waals surface area contributed by atoms with Gasteiger partial charge in [0.1, 0.15) is 0 Å². The van der Waals surface area contributed by atoms with E-state index in [4.69, 9.17) is 4.74 Å². The summed E-state index contributed by atoms with van der Waals surface area (Å²) in [6.45, 7) is 8.34. The van der Waals surface area contributed by atoms with E-state index in [0.29, 0.717) is 24.9 Å². The normalized spacial score (nSPS) is 18.7. The average Bonchev–Trinajstić information content (AvgIpc) is 2.62. The lowest BCUT2D eigenvalue weighted by atomic mass is 9.85. The molecular weight excluding hydrogens is 364 g/mol. The second kappa shape index (κ2) is 12.0. The number of carbonyl (C=O) groups is 2. The van der Waals surface area contributed by atoms with Crippen LogP contribution in [0.4, 0.5) is 0 Å². The third kappa shape index (κ3) is 7.51. The van der Waals surface area contributed by atoms with E-state index in [0.717, 1.165) is 24.2 Å². The van der Waals surface area contributed by atoms with Gasteiger partial charge in [0.05, 0.1) is 19.1 Å². The van der Waals surface area contributed by atoms with Crippen molar-refractivity contribution >= 4 is 24.3 Å². The molecule has 1 aliphatic rings. The summed E-state index contributed by atoms with van der Waals surface area (Å²) < 4.78 is 5.09. The molecule has 3 unspecified atom stereocenters. The van der Waals surface area contributed by atoms with Crippen molar-refractivity contribution in [1.82, 2.24) is 10.6 Å². The second-order valence-corrected chi connectivity index (χ2v) is 7.27. The standard InChI is InChI=1S/C21H32N2O3.ClH/c1-4-26-21(25)13-19(18-10-6-5-8-15(18)2)23-20(24)12-16(3)17-9-7-11-22-14-17;/h5-6,8,10,16-17,19,22H,4,7,9,11-14H2,1-3H3,(H,23,24);1H. The number of aryl methyl sites for hydroxylation is 1. The zero-order valence-electron chi connectivity index (χ0n) is 16.6. The first-order chi connectivity index (χ1) is 12.5. The van der Waals surface area contributed by atoms with E-state index in [1.165, 1.54) is 12.8 Å². The van der Waals surface area contributed by atoms with E-state index in [-0.39, 0.29) is 36.7 Å². The SMILES string of the molecule is CCOC(=O)CC(NC(=O)CC(C)C1CCCNC1)c1ccccc1C.Cl. The number of benzene rings is 1. The molecule has 1 aliphatic heterocycles. The van der Waals surface area contributed by atoms with Gasteiger partial charge in [-0.3, -0.25) is 9.59 Å². The van der Waals surface area contributed by atoms with Gasteiger partial charge < -0.3 is 15.4 Å². The molecule has 2 N–H and O–H groups in total. The monoisotopic (exact) mass is 396 g/mol. The lowest BCUT2D eigenvalue weighted by Crippen LogP contribution is -2.37. The van der Waals surface area contributed by atoms with Crippen molar-refractivity contribution in [3.63, 3.8) is 0 Å². The van der Waals surface area contributed by atoms with Crippen LogP contribution in [0, 0.1) is 18.8 Å². The van der Waals surface area contributed by atoms with Crippen LogP contribution in [-0.2, 0) is 14.3 Å². The summed E-state index contributed by atoms with van der Waals surface area (Å²) >= 11 is 0. The van der Waals surface area contributed by atoms with E-state index in [2.05, 4.69) is 17.6 Å². The largest absolute Gasteiger partial charge is 0.466 e. The molecule has 5 nitrogen and oxygen atoms in total. The Labute approximate surface area is 169 Å². The molecule has 27 heavy (non-hydrogen) atoms. The number of rotatable bonds is 8. The molecule has 0 aromatic heterocycles. The zero-order valence-corrected chi connectivity index (χ0v) is 17.4. The fraction of sp³-hybridized carbons (Fsp3) is 0.619. The third-order valence-electron chi connectivity index (χ3n) is 5.22. The molecule has 6 heteroatoms. The maximum absolute atomic E-state index is 12.6. The second-order valence-electron chi connectivity index (χ2n) is 7.27. The van der Waals surface area contributed by atoms with E-state index in [1.807, 2.05) is 31.2 Å². The highest BCUT2D eigenvalue weighted by Crippen LogP contribution is 2.25. The number of hydrogen-bond acceptors (Lipinski definition) is 4. The smallest absolute Gasteiger partial charge is 0.308 e. The predicted molar refractivity (Wildman–Crippen MR) is 110 cm³/mol. The molecule has 1 fully saturated rings. The van der Waals surface area contributed by atoms with Gasteiger partial charge in [-0.1, -0.05) is 31.2 Å². The Morgan fingerprint density at radius 1 is 1.30 bits per heavy atom. The first kappa shape index (κ1) is 23.4. The molecule has 1 saturated heterocycles. The highest BCUT2D eigenvalue weighted by Gasteiger charge is 2.25.